The maximum Gasteiger partial charge on any atom is 0.417 e. The van der Waals surface area contributed by atoms with Gasteiger partial charge in [-0.3, -0.25) is 4.99 Å². The summed E-state index contributed by atoms with van der Waals surface area (Å²) < 4.78 is 37.2. The Kier molecular flexibility index (Phi) is 7.48. The highest BCUT2D eigenvalue weighted by atomic mass is 19.4. The molecule has 0 radical (unpaired) electrons. The van der Waals surface area contributed by atoms with Gasteiger partial charge in [-0.15, -0.1) is 0 Å². The fourth-order valence-electron chi connectivity index (χ4n) is 1.64. The molecule has 0 spiro atoms. The second-order valence-electron chi connectivity index (χ2n) is 4.64. The van der Waals surface area contributed by atoms with Crippen LogP contribution < -0.4 is 16.0 Å². The maximum atomic E-state index is 12.4. The van der Waals surface area contributed by atoms with E-state index in [1.54, 1.807) is 7.05 Å². The molecule has 0 aromatic carbocycles. The van der Waals surface area contributed by atoms with Gasteiger partial charge in [-0.25, -0.2) is 4.98 Å². The van der Waals surface area contributed by atoms with Gasteiger partial charge in [-0.1, -0.05) is 6.92 Å². The van der Waals surface area contributed by atoms with Crippen molar-refractivity contribution < 1.29 is 13.2 Å². The number of aliphatic imine (C=N–C) groups is 1. The van der Waals surface area contributed by atoms with E-state index in [2.05, 4.69) is 32.9 Å². The monoisotopic (exact) mass is 317 g/mol. The smallest absolute Gasteiger partial charge is 0.370 e. The number of rotatable bonds is 7. The molecule has 0 saturated heterocycles. The number of guanidine groups is 1. The Morgan fingerprint density at radius 3 is 2.45 bits per heavy atom. The highest BCUT2D eigenvalue weighted by Crippen LogP contribution is 2.28. The summed E-state index contributed by atoms with van der Waals surface area (Å²) in [7, 11) is 1.70. The fraction of sp³-hybridized carbons (Fsp3) is 0.571. The van der Waals surface area contributed by atoms with E-state index in [0.29, 0.717) is 18.9 Å². The summed E-state index contributed by atoms with van der Waals surface area (Å²) in [5.41, 5.74) is -0.745. The van der Waals surface area contributed by atoms with Gasteiger partial charge in [0.1, 0.15) is 5.82 Å². The van der Waals surface area contributed by atoms with Crippen molar-refractivity contribution in [3.8, 4) is 0 Å². The molecule has 0 fully saturated rings. The van der Waals surface area contributed by atoms with Gasteiger partial charge in [0.25, 0.3) is 0 Å². The number of hydrogen-bond acceptors (Lipinski definition) is 3. The predicted molar refractivity (Wildman–Crippen MR) is 82.0 cm³/mol. The largest absolute Gasteiger partial charge is 0.417 e. The number of pyridine rings is 1. The molecule has 1 aromatic heterocycles. The highest BCUT2D eigenvalue weighted by Gasteiger charge is 2.30. The zero-order valence-corrected chi connectivity index (χ0v) is 12.8. The van der Waals surface area contributed by atoms with Crippen molar-refractivity contribution in [3.63, 3.8) is 0 Å². The molecule has 1 rings (SSSR count). The molecule has 1 aromatic rings. The lowest BCUT2D eigenvalue weighted by Crippen LogP contribution is -2.38. The lowest BCUT2D eigenvalue weighted by molar-refractivity contribution is -0.137. The molecule has 22 heavy (non-hydrogen) atoms. The summed E-state index contributed by atoms with van der Waals surface area (Å²) in [5, 5.41) is 9.28. The van der Waals surface area contributed by atoms with Gasteiger partial charge in [-0.05, 0) is 25.0 Å². The van der Waals surface area contributed by atoms with E-state index in [9.17, 15) is 13.2 Å². The van der Waals surface area contributed by atoms with Crippen LogP contribution in [0.25, 0.3) is 0 Å². The molecule has 5 nitrogen and oxygen atoms in total. The molecule has 0 bridgehead atoms. The van der Waals surface area contributed by atoms with Crippen molar-refractivity contribution in [1.29, 1.82) is 0 Å². The number of nitrogens with zero attached hydrogens (tertiary/aromatic N) is 2. The third-order valence-corrected chi connectivity index (χ3v) is 2.81. The molecule has 0 unspecified atom stereocenters. The fourth-order valence-corrected chi connectivity index (χ4v) is 1.64. The first-order chi connectivity index (χ1) is 10.5. The normalized spacial score (nSPS) is 12.1. The standard InChI is InChI=1S/C14H22F3N5/c1-3-7-20-13(18-2)21-9-4-8-19-12-6-5-11(10-22-12)14(15,16)17/h5-6,10H,3-4,7-9H2,1-2H3,(H,19,22)(H2,18,20,21). The van der Waals surface area contributed by atoms with Crippen molar-refractivity contribution >= 4 is 11.8 Å². The molecule has 3 N–H and O–H groups in total. The molecule has 0 aliphatic heterocycles. The van der Waals surface area contributed by atoms with Crippen LogP contribution in [0, 0.1) is 0 Å². The molecule has 1 heterocycles. The number of alkyl halides is 3. The number of hydrogen-bond donors (Lipinski definition) is 3. The Bertz CT molecular complexity index is 457. The van der Waals surface area contributed by atoms with Gasteiger partial charge in [0, 0.05) is 32.9 Å². The number of aromatic nitrogens is 1. The van der Waals surface area contributed by atoms with Crippen molar-refractivity contribution in [2.45, 2.75) is 25.9 Å². The molecule has 8 heteroatoms. The van der Waals surface area contributed by atoms with Crippen molar-refractivity contribution in [1.82, 2.24) is 15.6 Å². The van der Waals surface area contributed by atoms with Crippen LogP contribution >= 0.6 is 0 Å². The van der Waals surface area contributed by atoms with Gasteiger partial charge in [-0.2, -0.15) is 13.2 Å². The second kappa shape index (κ2) is 9.11. The Hall–Kier alpha value is -1.99. The summed E-state index contributed by atoms with van der Waals surface area (Å²) >= 11 is 0. The minimum Gasteiger partial charge on any atom is -0.370 e. The molecule has 0 aliphatic rings. The molecule has 124 valence electrons. The SMILES string of the molecule is CCCNC(=NC)NCCCNc1ccc(C(F)(F)F)cn1. The average molecular weight is 317 g/mol. The van der Waals surface area contributed by atoms with Crippen molar-refractivity contribution in [3.05, 3.63) is 23.9 Å². The maximum absolute atomic E-state index is 12.4. The van der Waals surface area contributed by atoms with Crippen LogP contribution in [0.3, 0.4) is 0 Å². The Balaban J connectivity index is 2.24. The summed E-state index contributed by atoms with van der Waals surface area (Å²) in [4.78, 5) is 7.82. The molecule has 0 atom stereocenters. The van der Waals surface area contributed by atoms with E-state index < -0.39 is 11.7 Å². The molecular formula is C14H22F3N5. The second-order valence-corrected chi connectivity index (χ2v) is 4.64. The van der Waals surface area contributed by atoms with Gasteiger partial charge in [0.05, 0.1) is 5.56 Å². The van der Waals surface area contributed by atoms with Crippen LogP contribution in [0.5, 0.6) is 0 Å². The van der Waals surface area contributed by atoms with Crippen LogP contribution in [-0.2, 0) is 6.18 Å². The topological polar surface area (TPSA) is 61.3 Å². The lowest BCUT2D eigenvalue weighted by atomic mass is 10.3. The molecule has 0 saturated carbocycles. The minimum atomic E-state index is -4.35. The zero-order chi connectivity index (χ0) is 16.4. The summed E-state index contributed by atoms with van der Waals surface area (Å²) in [6.45, 7) is 4.24. The van der Waals surface area contributed by atoms with Gasteiger partial charge in [0.15, 0.2) is 5.96 Å². The quantitative estimate of drug-likeness (QED) is 0.411. The number of anilines is 1. The highest BCUT2D eigenvalue weighted by molar-refractivity contribution is 5.79. The van der Waals surface area contributed by atoms with E-state index in [4.69, 9.17) is 0 Å². The molecule has 0 aliphatic carbocycles. The first-order valence-corrected chi connectivity index (χ1v) is 7.19. The number of nitrogens with one attached hydrogen (secondary N) is 3. The first kappa shape index (κ1) is 18.1. The lowest BCUT2D eigenvalue weighted by Gasteiger charge is -2.11. The minimum absolute atomic E-state index is 0.432. The third kappa shape index (κ3) is 6.64. The van der Waals surface area contributed by atoms with Crippen molar-refractivity contribution in [2.24, 2.45) is 4.99 Å². The average Bonchev–Trinajstić information content (AvgIpc) is 2.49. The Morgan fingerprint density at radius 1 is 1.18 bits per heavy atom. The first-order valence-electron chi connectivity index (χ1n) is 7.19. The predicted octanol–water partition coefficient (Wildman–Crippen LogP) is 2.48. The molecular weight excluding hydrogens is 295 g/mol. The Labute approximate surface area is 128 Å². The van der Waals surface area contributed by atoms with E-state index in [-0.39, 0.29) is 0 Å². The van der Waals surface area contributed by atoms with Crippen LogP contribution in [0.4, 0.5) is 19.0 Å². The van der Waals surface area contributed by atoms with E-state index in [1.807, 2.05) is 0 Å². The van der Waals surface area contributed by atoms with Crippen LogP contribution in [0.1, 0.15) is 25.3 Å². The van der Waals surface area contributed by atoms with Gasteiger partial charge >= 0.3 is 6.18 Å². The van der Waals surface area contributed by atoms with E-state index >= 15 is 0 Å². The van der Waals surface area contributed by atoms with Crippen LogP contribution in [0.15, 0.2) is 23.3 Å². The zero-order valence-electron chi connectivity index (χ0n) is 12.8. The van der Waals surface area contributed by atoms with E-state index in [1.165, 1.54) is 6.07 Å². The number of halogens is 3. The van der Waals surface area contributed by atoms with Gasteiger partial charge in [0.2, 0.25) is 0 Å². The summed E-state index contributed by atoms with van der Waals surface area (Å²) in [5.74, 6) is 1.18. The van der Waals surface area contributed by atoms with Crippen LogP contribution in [-0.4, -0.2) is 37.6 Å². The van der Waals surface area contributed by atoms with E-state index in [0.717, 1.165) is 37.6 Å². The summed E-state index contributed by atoms with van der Waals surface area (Å²) in [6, 6.07) is 2.35. The molecule has 0 amide bonds. The third-order valence-electron chi connectivity index (χ3n) is 2.81. The Morgan fingerprint density at radius 2 is 1.91 bits per heavy atom. The van der Waals surface area contributed by atoms with Crippen LogP contribution in [0.2, 0.25) is 0 Å². The van der Waals surface area contributed by atoms with Crippen molar-refractivity contribution in [2.75, 3.05) is 32.0 Å². The van der Waals surface area contributed by atoms with Gasteiger partial charge < -0.3 is 16.0 Å². The summed E-state index contributed by atoms with van der Waals surface area (Å²) in [6.07, 6.45) is -1.72.